The van der Waals surface area contributed by atoms with Crippen LogP contribution < -0.4 is 10.6 Å². The van der Waals surface area contributed by atoms with Gasteiger partial charge in [0.2, 0.25) is 0 Å². The lowest BCUT2D eigenvalue weighted by atomic mass is 9.88. The highest BCUT2D eigenvalue weighted by atomic mass is 32.1. The minimum atomic E-state index is 0.276. The highest BCUT2D eigenvalue weighted by molar-refractivity contribution is 7.80. The van der Waals surface area contributed by atoms with Crippen LogP contribution in [-0.4, -0.2) is 5.11 Å². The number of hydrogen-bond acceptors (Lipinski definition) is 2. The number of anilines is 1. The lowest BCUT2D eigenvalue weighted by Gasteiger charge is -2.27. The minimum Gasteiger partial charge on any atom is -0.356 e. The molecule has 2 N–H and O–H groups in total. The Labute approximate surface area is 142 Å². The molecule has 23 heavy (non-hydrogen) atoms. The summed E-state index contributed by atoms with van der Waals surface area (Å²) in [4.78, 5) is 0. The van der Waals surface area contributed by atoms with Gasteiger partial charge in [0.05, 0.1) is 18.5 Å². The number of rotatable bonds is 3. The van der Waals surface area contributed by atoms with Crippen molar-refractivity contribution in [2.24, 2.45) is 0 Å². The van der Waals surface area contributed by atoms with Gasteiger partial charge in [-0.05, 0) is 60.3 Å². The van der Waals surface area contributed by atoms with E-state index in [-0.39, 0.29) is 6.04 Å². The molecule has 3 rings (SSSR count). The number of thiocarbonyl (C=S) groups is 1. The molecule has 0 amide bonds. The van der Waals surface area contributed by atoms with Gasteiger partial charge in [0.25, 0.3) is 0 Å². The Bertz CT molecular complexity index is 731. The van der Waals surface area contributed by atoms with E-state index < -0.39 is 0 Å². The van der Waals surface area contributed by atoms with Crippen LogP contribution in [0.2, 0.25) is 0 Å². The normalized spacial score (nSPS) is 16.0. The molecular weight excluding hydrogens is 302 g/mol. The highest BCUT2D eigenvalue weighted by Gasteiger charge is 2.20. The van der Waals surface area contributed by atoms with E-state index in [1.54, 1.807) is 0 Å². The standard InChI is InChI=1S/C19H19N3S/c20-13-12-14-8-10-16(11-9-14)21-19(23)22-18-7-3-5-15-4-1-2-6-17(15)18/h1-2,4,6,8-11,18H,3,5,7,12H2,(H2,21,22,23). The first-order chi connectivity index (χ1) is 11.3. The van der Waals surface area contributed by atoms with E-state index in [9.17, 15) is 0 Å². The predicted molar refractivity (Wildman–Crippen MR) is 97.2 cm³/mol. The van der Waals surface area contributed by atoms with Gasteiger partial charge in [-0.3, -0.25) is 0 Å². The van der Waals surface area contributed by atoms with Crippen LogP contribution in [-0.2, 0) is 12.8 Å². The zero-order valence-corrected chi connectivity index (χ0v) is 13.7. The van der Waals surface area contributed by atoms with Crippen LogP contribution >= 0.6 is 12.2 Å². The highest BCUT2D eigenvalue weighted by Crippen LogP contribution is 2.29. The van der Waals surface area contributed by atoms with E-state index in [0.717, 1.165) is 24.1 Å². The summed E-state index contributed by atoms with van der Waals surface area (Å²) < 4.78 is 0. The predicted octanol–water partition coefficient (Wildman–Crippen LogP) is 4.12. The molecule has 0 aliphatic heterocycles. The van der Waals surface area contributed by atoms with Crippen molar-refractivity contribution in [2.45, 2.75) is 31.7 Å². The monoisotopic (exact) mass is 321 g/mol. The molecule has 2 aromatic carbocycles. The fourth-order valence-corrected chi connectivity index (χ4v) is 3.29. The van der Waals surface area contributed by atoms with Crippen molar-refractivity contribution in [1.29, 1.82) is 5.26 Å². The van der Waals surface area contributed by atoms with E-state index in [1.165, 1.54) is 17.5 Å². The third-order valence-corrected chi connectivity index (χ3v) is 4.39. The third kappa shape index (κ3) is 3.88. The van der Waals surface area contributed by atoms with Crippen molar-refractivity contribution >= 4 is 23.0 Å². The molecule has 0 saturated carbocycles. The van der Waals surface area contributed by atoms with Crippen LogP contribution in [0.15, 0.2) is 48.5 Å². The average Bonchev–Trinajstić information content (AvgIpc) is 2.57. The second-order valence-corrected chi connectivity index (χ2v) is 6.18. The lowest BCUT2D eigenvalue weighted by molar-refractivity contribution is 0.529. The number of benzene rings is 2. The molecule has 116 valence electrons. The minimum absolute atomic E-state index is 0.276. The number of nitrogens with zero attached hydrogens (tertiary/aromatic N) is 1. The summed E-state index contributed by atoms with van der Waals surface area (Å²) in [5, 5.41) is 16.0. The van der Waals surface area contributed by atoms with Crippen molar-refractivity contribution in [1.82, 2.24) is 5.32 Å². The molecule has 0 fully saturated rings. The second kappa shape index (κ2) is 7.26. The molecule has 1 aliphatic carbocycles. The SMILES string of the molecule is N#CCc1ccc(NC(=S)NC2CCCc3ccccc32)cc1. The van der Waals surface area contributed by atoms with Crippen LogP contribution in [0.4, 0.5) is 5.69 Å². The summed E-state index contributed by atoms with van der Waals surface area (Å²) in [6.45, 7) is 0. The molecular formula is C19H19N3S. The Hall–Kier alpha value is -2.38. The van der Waals surface area contributed by atoms with Crippen LogP contribution in [0.1, 0.15) is 35.6 Å². The van der Waals surface area contributed by atoms with E-state index in [1.807, 2.05) is 24.3 Å². The number of hydrogen-bond donors (Lipinski definition) is 2. The van der Waals surface area contributed by atoms with Gasteiger partial charge >= 0.3 is 0 Å². The Balaban J connectivity index is 1.63. The number of aryl methyl sites for hydroxylation is 1. The van der Waals surface area contributed by atoms with Gasteiger partial charge in [0.15, 0.2) is 5.11 Å². The second-order valence-electron chi connectivity index (χ2n) is 5.77. The largest absolute Gasteiger partial charge is 0.356 e. The average molecular weight is 321 g/mol. The number of nitriles is 1. The van der Waals surface area contributed by atoms with Crippen molar-refractivity contribution < 1.29 is 0 Å². The summed E-state index contributed by atoms with van der Waals surface area (Å²) in [6, 6.07) is 18.8. The molecule has 2 aromatic rings. The first-order valence-corrected chi connectivity index (χ1v) is 8.28. The van der Waals surface area contributed by atoms with E-state index >= 15 is 0 Å². The molecule has 1 atom stereocenters. The van der Waals surface area contributed by atoms with Crippen molar-refractivity contribution in [2.75, 3.05) is 5.32 Å². The Morgan fingerprint density at radius 2 is 1.96 bits per heavy atom. The molecule has 1 aliphatic rings. The topological polar surface area (TPSA) is 47.9 Å². The quantitative estimate of drug-likeness (QED) is 0.835. The smallest absolute Gasteiger partial charge is 0.171 e. The van der Waals surface area contributed by atoms with Gasteiger partial charge in [-0.15, -0.1) is 0 Å². The molecule has 1 unspecified atom stereocenters. The maximum Gasteiger partial charge on any atom is 0.171 e. The first kappa shape index (κ1) is 15.5. The summed E-state index contributed by atoms with van der Waals surface area (Å²) in [7, 11) is 0. The van der Waals surface area contributed by atoms with E-state index in [0.29, 0.717) is 11.5 Å². The summed E-state index contributed by atoms with van der Waals surface area (Å²) in [6.07, 6.45) is 3.86. The van der Waals surface area contributed by atoms with Crippen LogP contribution in [0, 0.1) is 11.3 Å². The molecule has 3 nitrogen and oxygen atoms in total. The van der Waals surface area contributed by atoms with Gasteiger partial charge in [-0.1, -0.05) is 36.4 Å². The molecule has 0 spiro atoms. The molecule has 0 saturated heterocycles. The molecule has 4 heteroatoms. The maximum absolute atomic E-state index is 8.70. The summed E-state index contributed by atoms with van der Waals surface area (Å²) in [5.74, 6) is 0. The third-order valence-electron chi connectivity index (χ3n) is 4.17. The molecule has 0 aromatic heterocycles. The fraction of sp³-hybridized carbons (Fsp3) is 0.263. The van der Waals surface area contributed by atoms with Gasteiger partial charge in [-0.25, -0.2) is 0 Å². The zero-order chi connectivity index (χ0) is 16.1. The Morgan fingerprint density at radius 3 is 2.74 bits per heavy atom. The van der Waals surface area contributed by atoms with E-state index in [2.05, 4.69) is 41.0 Å². The van der Waals surface area contributed by atoms with Crippen molar-refractivity contribution in [3.63, 3.8) is 0 Å². The van der Waals surface area contributed by atoms with E-state index in [4.69, 9.17) is 17.5 Å². The van der Waals surface area contributed by atoms with Gasteiger partial charge < -0.3 is 10.6 Å². The van der Waals surface area contributed by atoms with Crippen LogP contribution in [0.5, 0.6) is 0 Å². The number of nitrogens with one attached hydrogen (secondary N) is 2. The van der Waals surface area contributed by atoms with Crippen molar-refractivity contribution in [3.05, 3.63) is 65.2 Å². The Morgan fingerprint density at radius 1 is 1.17 bits per heavy atom. The van der Waals surface area contributed by atoms with Crippen molar-refractivity contribution in [3.8, 4) is 6.07 Å². The molecule has 0 radical (unpaired) electrons. The lowest BCUT2D eigenvalue weighted by Crippen LogP contribution is -2.34. The van der Waals surface area contributed by atoms with Crippen LogP contribution in [0.25, 0.3) is 0 Å². The first-order valence-electron chi connectivity index (χ1n) is 7.87. The fourth-order valence-electron chi connectivity index (χ4n) is 3.03. The van der Waals surface area contributed by atoms with Gasteiger partial charge in [-0.2, -0.15) is 5.26 Å². The van der Waals surface area contributed by atoms with Crippen LogP contribution in [0.3, 0.4) is 0 Å². The number of fused-ring (bicyclic) bond motifs is 1. The van der Waals surface area contributed by atoms with Gasteiger partial charge in [0.1, 0.15) is 0 Å². The maximum atomic E-state index is 8.70. The summed E-state index contributed by atoms with van der Waals surface area (Å²) in [5.41, 5.74) is 4.72. The Kier molecular flexibility index (Phi) is 4.89. The zero-order valence-electron chi connectivity index (χ0n) is 12.9. The summed E-state index contributed by atoms with van der Waals surface area (Å²) >= 11 is 5.46. The molecule has 0 heterocycles. The molecule has 0 bridgehead atoms. The van der Waals surface area contributed by atoms with Gasteiger partial charge in [0, 0.05) is 5.69 Å².